The number of carbonyl (C=O) groups is 3. The SMILES string of the molecule is CCOC(=O)[C@H]1[C@H]2C(=O)N(c3ccc(C)cc3)C(=O)[C@H]2CN1C. The predicted octanol–water partition coefficient (Wildman–Crippen LogP) is 0.978. The summed E-state index contributed by atoms with van der Waals surface area (Å²) in [4.78, 5) is 40.7. The number of esters is 1. The number of hydrogen-bond donors (Lipinski definition) is 0. The number of benzene rings is 1. The van der Waals surface area contributed by atoms with E-state index in [0.29, 0.717) is 12.2 Å². The second-order valence-corrected chi connectivity index (χ2v) is 6.12. The number of likely N-dealkylation sites (tertiary alicyclic amines) is 1. The van der Waals surface area contributed by atoms with Crippen molar-refractivity contribution in [1.29, 1.82) is 0 Å². The van der Waals surface area contributed by atoms with Gasteiger partial charge in [0, 0.05) is 6.54 Å². The molecule has 0 bridgehead atoms. The molecule has 0 saturated carbocycles. The lowest BCUT2D eigenvalue weighted by molar-refractivity contribution is -0.151. The molecule has 0 unspecified atom stereocenters. The van der Waals surface area contributed by atoms with E-state index in [-0.39, 0.29) is 18.4 Å². The molecule has 6 nitrogen and oxygen atoms in total. The number of fused-ring (bicyclic) bond motifs is 1. The Morgan fingerprint density at radius 1 is 1.22 bits per heavy atom. The van der Waals surface area contributed by atoms with E-state index in [9.17, 15) is 14.4 Å². The van der Waals surface area contributed by atoms with E-state index in [1.54, 1.807) is 31.0 Å². The topological polar surface area (TPSA) is 66.9 Å². The number of anilines is 1. The van der Waals surface area contributed by atoms with Crippen LogP contribution in [0.2, 0.25) is 0 Å². The van der Waals surface area contributed by atoms with Crippen LogP contribution in [0, 0.1) is 18.8 Å². The van der Waals surface area contributed by atoms with Gasteiger partial charge in [-0.05, 0) is 33.0 Å². The van der Waals surface area contributed by atoms with Crippen molar-refractivity contribution in [2.45, 2.75) is 19.9 Å². The van der Waals surface area contributed by atoms with Crippen LogP contribution in [0.25, 0.3) is 0 Å². The van der Waals surface area contributed by atoms with Crippen molar-refractivity contribution in [2.75, 3.05) is 25.1 Å². The van der Waals surface area contributed by atoms with Gasteiger partial charge < -0.3 is 4.74 Å². The molecule has 2 heterocycles. The molecule has 2 amide bonds. The molecular weight excluding hydrogens is 296 g/mol. The van der Waals surface area contributed by atoms with Gasteiger partial charge in [-0.1, -0.05) is 17.7 Å². The molecule has 0 radical (unpaired) electrons. The molecule has 3 rings (SSSR count). The molecule has 0 N–H and O–H groups in total. The molecule has 0 spiro atoms. The lowest BCUT2D eigenvalue weighted by atomic mass is 9.93. The Morgan fingerprint density at radius 3 is 2.48 bits per heavy atom. The average Bonchev–Trinajstić information content (AvgIpc) is 2.97. The Morgan fingerprint density at radius 2 is 1.87 bits per heavy atom. The van der Waals surface area contributed by atoms with E-state index >= 15 is 0 Å². The predicted molar refractivity (Wildman–Crippen MR) is 83.7 cm³/mol. The number of rotatable bonds is 3. The van der Waals surface area contributed by atoms with E-state index in [1.807, 2.05) is 19.1 Å². The highest BCUT2D eigenvalue weighted by atomic mass is 16.5. The van der Waals surface area contributed by atoms with Crippen molar-refractivity contribution in [2.24, 2.45) is 11.8 Å². The molecule has 3 atom stereocenters. The molecule has 2 aliphatic rings. The molecule has 2 aliphatic heterocycles. The maximum absolute atomic E-state index is 12.8. The zero-order valence-corrected chi connectivity index (χ0v) is 13.5. The van der Waals surface area contributed by atoms with Gasteiger partial charge in [-0.3, -0.25) is 19.3 Å². The van der Waals surface area contributed by atoms with Crippen LogP contribution < -0.4 is 4.90 Å². The minimum absolute atomic E-state index is 0.234. The van der Waals surface area contributed by atoms with Crippen LogP contribution in [0.1, 0.15) is 12.5 Å². The average molecular weight is 316 g/mol. The highest BCUT2D eigenvalue weighted by Gasteiger charge is 2.59. The maximum atomic E-state index is 12.8. The fraction of sp³-hybridized carbons (Fsp3) is 0.471. The number of nitrogens with zero attached hydrogens (tertiary/aromatic N) is 2. The van der Waals surface area contributed by atoms with Gasteiger partial charge >= 0.3 is 5.97 Å². The molecule has 2 fully saturated rings. The molecule has 1 aromatic carbocycles. The minimum atomic E-state index is -0.688. The van der Waals surface area contributed by atoms with Gasteiger partial charge in [-0.2, -0.15) is 0 Å². The number of aryl methyl sites for hydroxylation is 1. The van der Waals surface area contributed by atoms with Crippen molar-refractivity contribution in [3.63, 3.8) is 0 Å². The molecule has 23 heavy (non-hydrogen) atoms. The summed E-state index contributed by atoms with van der Waals surface area (Å²) in [5, 5.41) is 0. The molecule has 0 aliphatic carbocycles. The normalized spacial score (nSPS) is 27.4. The first kappa shape index (κ1) is 15.7. The summed E-state index contributed by atoms with van der Waals surface area (Å²) in [5.74, 6) is -2.13. The highest BCUT2D eigenvalue weighted by molar-refractivity contribution is 6.23. The maximum Gasteiger partial charge on any atom is 0.324 e. The van der Waals surface area contributed by atoms with Gasteiger partial charge in [-0.25, -0.2) is 4.90 Å². The molecular formula is C17H20N2O4. The third-order valence-corrected chi connectivity index (χ3v) is 4.60. The number of ether oxygens (including phenoxy) is 1. The molecule has 1 aromatic rings. The first-order valence-corrected chi connectivity index (χ1v) is 7.77. The summed E-state index contributed by atoms with van der Waals surface area (Å²) in [6, 6.07) is 6.55. The quantitative estimate of drug-likeness (QED) is 0.614. The summed E-state index contributed by atoms with van der Waals surface area (Å²) >= 11 is 0. The monoisotopic (exact) mass is 316 g/mol. The summed E-state index contributed by atoms with van der Waals surface area (Å²) in [6.07, 6.45) is 0. The van der Waals surface area contributed by atoms with Crippen LogP contribution in [0.5, 0.6) is 0 Å². The van der Waals surface area contributed by atoms with E-state index < -0.39 is 23.8 Å². The molecule has 122 valence electrons. The zero-order valence-electron chi connectivity index (χ0n) is 13.5. The van der Waals surface area contributed by atoms with Gasteiger partial charge in [0.2, 0.25) is 11.8 Å². The van der Waals surface area contributed by atoms with Gasteiger partial charge in [0.15, 0.2) is 0 Å². The third-order valence-electron chi connectivity index (χ3n) is 4.60. The molecule has 6 heteroatoms. The van der Waals surface area contributed by atoms with E-state index in [1.165, 1.54) is 4.90 Å². The Kier molecular flexibility index (Phi) is 3.93. The number of amides is 2. The largest absolute Gasteiger partial charge is 0.465 e. The minimum Gasteiger partial charge on any atom is -0.465 e. The molecule has 0 aromatic heterocycles. The van der Waals surface area contributed by atoms with Crippen LogP contribution in [0.3, 0.4) is 0 Å². The fourth-order valence-electron chi connectivity index (χ4n) is 3.50. The van der Waals surface area contributed by atoms with Crippen molar-refractivity contribution < 1.29 is 19.1 Å². The number of likely N-dealkylation sites (N-methyl/N-ethyl adjacent to an activating group) is 1. The Balaban J connectivity index is 1.92. The van der Waals surface area contributed by atoms with Crippen molar-refractivity contribution in [3.8, 4) is 0 Å². The lowest BCUT2D eigenvalue weighted by Gasteiger charge is -2.23. The van der Waals surface area contributed by atoms with E-state index in [2.05, 4.69) is 0 Å². The third kappa shape index (κ3) is 2.43. The second kappa shape index (κ2) is 5.77. The van der Waals surface area contributed by atoms with Crippen LogP contribution in [-0.4, -0.2) is 48.9 Å². The van der Waals surface area contributed by atoms with Crippen LogP contribution in [0.15, 0.2) is 24.3 Å². The number of carbonyl (C=O) groups excluding carboxylic acids is 3. The van der Waals surface area contributed by atoms with Crippen molar-refractivity contribution in [1.82, 2.24) is 4.90 Å². The highest BCUT2D eigenvalue weighted by Crippen LogP contribution is 2.40. The van der Waals surface area contributed by atoms with Crippen LogP contribution in [0.4, 0.5) is 5.69 Å². The first-order valence-electron chi connectivity index (χ1n) is 7.77. The van der Waals surface area contributed by atoms with E-state index in [0.717, 1.165) is 5.56 Å². The van der Waals surface area contributed by atoms with Gasteiger partial charge in [0.1, 0.15) is 6.04 Å². The van der Waals surface area contributed by atoms with Gasteiger partial charge in [-0.15, -0.1) is 0 Å². The van der Waals surface area contributed by atoms with Gasteiger partial charge in [0.05, 0.1) is 24.1 Å². The van der Waals surface area contributed by atoms with Crippen molar-refractivity contribution in [3.05, 3.63) is 29.8 Å². The standard InChI is InChI=1S/C17H20N2O4/c1-4-23-17(22)14-13-12(9-18(14)3)15(20)19(16(13)21)11-7-5-10(2)6-8-11/h5-8,12-14H,4,9H2,1-3H3/t12-,13-,14+/m0/s1. The lowest BCUT2D eigenvalue weighted by Crippen LogP contribution is -2.44. The van der Waals surface area contributed by atoms with E-state index in [4.69, 9.17) is 4.74 Å². The molecule has 2 saturated heterocycles. The Hall–Kier alpha value is -2.21. The summed E-state index contributed by atoms with van der Waals surface area (Å²) in [6.45, 7) is 4.31. The fourth-order valence-corrected chi connectivity index (χ4v) is 3.50. The Labute approximate surface area is 135 Å². The summed E-state index contributed by atoms with van der Waals surface area (Å²) in [5.41, 5.74) is 1.61. The van der Waals surface area contributed by atoms with Crippen molar-refractivity contribution >= 4 is 23.5 Å². The van der Waals surface area contributed by atoms with Crippen LogP contribution >= 0.6 is 0 Å². The number of hydrogen-bond acceptors (Lipinski definition) is 5. The summed E-state index contributed by atoms with van der Waals surface area (Å²) in [7, 11) is 1.75. The van der Waals surface area contributed by atoms with Crippen LogP contribution in [-0.2, 0) is 19.1 Å². The van der Waals surface area contributed by atoms with Gasteiger partial charge in [0.25, 0.3) is 0 Å². The smallest absolute Gasteiger partial charge is 0.324 e. The zero-order chi connectivity index (χ0) is 16.7. The Bertz CT molecular complexity index is 655. The number of imide groups is 1. The summed E-state index contributed by atoms with van der Waals surface area (Å²) < 4.78 is 5.08. The first-order chi connectivity index (χ1) is 11.0. The second-order valence-electron chi connectivity index (χ2n) is 6.12.